The first-order valence-electron chi connectivity index (χ1n) is 11.5. The first kappa shape index (κ1) is 27.3. The normalized spacial score (nSPS) is 15.0. The van der Waals surface area contributed by atoms with Gasteiger partial charge in [0.25, 0.3) is 0 Å². The molecule has 0 radical (unpaired) electrons. The lowest BCUT2D eigenvalue weighted by Gasteiger charge is -2.32. The molecule has 2 aromatic carbocycles. The maximum absolute atomic E-state index is 13.6. The third-order valence-electron chi connectivity index (χ3n) is 6.18. The van der Waals surface area contributed by atoms with Gasteiger partial charge in [-0.25, -0.2) is 8.42 Å². The molecule has 0 spiro atoms. The lowest BCUT2D eigenvalue weighted by atomic mass is 10.1. The molecular formula is C25H31Cl2N3O4S. The van der Waals surface area contributed by atoms with Gasteiger partial charge in [0.2, 0.25) is 21.8 Å². The standard InChI is InChI=1S/C25H31Cl2N3O4S/c1-17-8-6-9-19(14-17)15-29(18(2)25(32)28-20-10-4-5-11-20)23(31)16-30(35(3,33)34)22-13-7-12-21(26)24(22)27/h6-9,12-14,18,20H,4-5,10-11,15-16H2,1-3H3,(H,28,32)/t18-/m0/s1. The number of benzene rings is 2. The summed E-state index contributed by atoms with van der Waals surface area (Å²) in [4.78, 5) is 28.1. The van der Waals surface area contributed by atoms with Gasteiger partial charge in [0.05, 0.1) is 22.0 Å². The minimum atomic E-state index is -3.89. The summed E-state index contributed by atoms with van der Waals surface area (Å²) < 4.78 is 26.3. The van der Waals surface area contributed by atoms with Crippen LogP contribution in [0, 0.1) is 6.92 Å². The van der Waals surface area contributed by atoms with Gasteiger partial charge in [-0.05, 0) is 44.4 Å². The van der Waals surface area contributed by atoms with Crippen molar-refractivity contribution >= 4 is 50.7 Å². The van der Waals surface area contributed by atoms with Gasteiger partial charge in [0, 0.05) is 12.6 Å². The number of amides is 2. The molecular weight excluding hydrogens is 509 g/mol. The maximum atomic E-state index is 13.6. The monoisotopic (exact) mass is 539 g/mol. The number of hydrogen-bond donors (Lipinski definition) is 1. The number of aryl methyl sites for hydroxylation is 1. The SMILES string of the molecule is Cc1cccc(CN(C(=O)CN(c2cccc(Cl)c2Cl)S(C)(=O)=O)[C@@H](C)C(=O)NC2CCCC2)c1. The van der Waals surface area contributed by atoms with E-state index in [0.29, 0.717) is 0 Å². The lowest BCUT2D eigenvalue weighted by Crippen LogP contribution is -2.52. The molecule has 0 bridgehead atoms. The van der Waals surface area contributed by atoms with Crippen LogP contribution >= 0.6 is 23.2 Å². The molecule has 7 nitrogen and oxygen atoms in total. The van der Waals surface area contributed by atoms with Crippen LogP contribution in [0.4, 0.5) is 5.69 Å². The van der Waals surface area contributed by atoms with E-state index in [1.807, 2.05) is 31.2 Å². The molecule has 2 aromatic rings. The van der Waals surface area contributed by atoms with Gasteiger partial charge in [-0.15, -0.1) is 0 Å². The molecule has 1 fully saturated rings. The van der Waals surface area contributed by atoms with E-state index in [4.69, 9.17) is 23.2 Å². The number of carbonyl (C=O) groups is 2. The van der Waals surface area contributed by atoms with Gasteiger partial charge in [-0.2, -0.15) is 0 Å². The summed E-state index contributed by atoms with van der Waals surface area (Å²) in [6.07, 6.45) is 4.96. The van der Waals surface area contributed by atoms with Crippen LogP contribution in [-0.2, 0) is 26.2 Å². The fourth-order valence-electron chi connectivity index (χ4n) is 4.26. The smallest absolute Gasteiger partial charge is 0.244 e. The zero-order chi connectivity index (χ0) is 25.8. The van der Waals surface area contributed by atoms with Gasteiger partial charge < -0.3 is 10.2 Å². The number of carbonyl (C=O) groups excluding carboxylic acids is 2. The Kier molecular flexibility index (Phi) is 9.07. The van der Waals surface area contributed by atoms with Gasteiger partial charge in [-0.3, -0.25) is 13.9 Å². The molecule has 0 heterocycles. The minimum absolute atomic E-state index is 0.0321. The molecule has 1 saturated carbocycles. The summed E-state index contributed by atoms with van der Waals surface area (Å²) in [5.41, 5.74) is 1.96. The van der Waals surface area contributed by atoms with Crippen LogP contribution in [0.2, 0.25) is 10.0 Å². The molecule has 0 aromatic heterocycles. The zero-order valence-electron chi connectivity index (χ0n) is 20.1. The molecule has 0 unspecified atom stereocenters. The highest BCUT2D eigenvalue weighted by atomic mass is 35.5. The van der Waals surface area contributed by atoms with Crippen LogP contribution in [0.15, 0.2) is 42.5 Å². The number of anilines is 1. The Morgan fingerprint density at radius 2 is 1.77 bits per heavy atom. The van der Waals surface area contributed by atoms with Crippen molar-refractivity contribution in [1.29, 1.82) is 0 Å². The first-order valence-corrected chi connectivity index (χ1v) is 14.1. The highest BCUT2D eigenvalue weighted by Crippen LogP contribution is 2.33. The predicted octanol–water partition coefficient (Wildman–Crippen LogP) is 4.54. The van der Waals surface area contributed by atoms with Crippen molar-refractivity contribution in [3.63, 3.8) is 0 Å². The summed E-state index contributed by atoms with van der Waals surface area (Å²) in [6.45, 7) is 3.24. The lowest BCUT2D eigenvalue weighted by molar-refractivity contribution is -0.139. The van der Waals surface area contributed by atoms with Gasteiger partial charge in [0.1, 0.15) is 12.6 Å². The molecule has 0 saturated heterocycles. The third-order valence-corrected chi connectivity index (χ3v) is 8.12. The molecule has 1 N–H and O–H groups in total. The number of hydrogen-bond acceptors (Lipinski definition) is 4. The van der Waals surface area contributed by atoms with Crippen LogP contribution in [0.5, 0.6) is 0 Å². The van der Waals surface area contributed by atoms with E-state index in [0.717, 1.165) is 47.4 Å². The van der Waals surface area contributed by atoms with Gasteiger partial charge >= 0.3 is 0 Å². The molecule has 3 rings (SSSR count). The summed E-state index contributed by atoms with van der Waals surface area (Å²) >= 11 is 12.4. The minimum Gasteiger partial charge on any atom is -0.352 e. The van der Waals surface area contributed by atoms with Crippen molar-refractivity contribution in [2.24, 2.45) is 0 Å². The topological polar surface area (TPSA) is 86.8 Å². The Morgan fingerprint density at radius 1 is 1.11 bits per heavy atom. The van der Waals surface area contributed by atoms with Crippen molar-refractivity contribution in [1.82, 2.24) is 10.2 Å². The fourth-order valence-corrected chi connectivity index (χ4v) is 5.56. The Balaban J connectivity index is 1.91. The van der Waals surface area contributed by atoms with Gasteiger partial charge in [0.15, 0.2) is 0 Å². The molecule has 0 aliphatic heterocycles. The predicted molar refractivity (Wildman–Crippen MR) is 140 cm³/mol. The Hall–Kier alpha value is -2.29. The van der Waals surface area contributed by atoms with E-state index in [1.54, 1.807) is 13.0 Å². The number of nitrogens with one attached hydrogen (secondary N) is 1. The van der Waals surface area contributed by atoms with Crippen LogP contribution in [0.1, 0.15) is 43.7 Å². The van der Waals surface area contributed by atoms with Crippen LogP contribution < -0.4 is 9.62 Å². The second-order valence-electron chi connectivity index (χ2n) is 9.02. The molecule has 10 heteroatoms. The molecule has 1 atom stereocenters. The average molecular weight is 541 g/mol. The number of rotatable bonds is 9. The highest BCUT2D eigenvalue weighted by molar-refractivity contribution is 7.92. The molecule has 1 aliphatic rings. The Bertz CT molecular complexity index is 1180. The van der Waals surface area contributed by atoms with E-state index in [-0.39, 0.29) is 34.2 Å². The van der Waals surface area contributed by atoms with Crippen LogP contribution in [-0.4, -0.2) is 50.0 Å². The zero-order valence-corrected chi connectivity index (χ0v) is 22.5. The van der Waals surface area contributed by atoms with Crippen LogP contribution in [0.3, 0.4) is 0 Å². The Morgan fingerprint density at radius 3 is 2.40 bits per heavy atom. The third kappa shape index (κ3) is 7.12. The average Bonchev–Trinajstić information content (AvgIpc) is 3.29. The van der Waals surface area contributed by atoms with Gasteiger partial charge in [-0.1, -0.05) is 71.9 Å². The highest BCUT2D eigenvalue weighted by Gasteiger charge is 2.32. The molecule has 35 heavy (non-hydrogen) atoms. The summed E-state index contributed by atoms with van der Waals surface area (Å²) in [7, 11) is -3.89. The second-order valence-corrected chi connectivity index (χ2v) is 11.7. The summed E-state index contributed by atoms with van der Waals surface area (Å²) in [6, 6.07) is 11.5. The summed E-state index contributed by atoms with van der Waals surface area (Å²) in [5.74, 6) is -0.786. The molecule has 2 amide bonds. The van der Waals surface area contributed by atoms with E-state index in [9.17, 15) is 18.0 Å². The number of sulfonamides is 1. The van der Waals surface area contributed by atoms with E-state index >= 15 is 0 Å². The fraction of sp³-hybridized carbons (Fsp3) is 0.440. The molecule has 190 valence electrons. The van der Waals surface area contributed by atoms with Crippen molar-refractivity contribution in [2.75, 3.05) is 17.1 Å². The second kappa shape index (κ2) is 11.6. The Labute approximate surface area is 217 Å². The van der Waals surface area contributed by atoms with Crippen LogP contribution in [0.25, 0.3) is 0 Å². The summed E-state index contributed by atoms with van der Waals surface area (Å²) in [5, 5.41) is 3.24. The van der Waals surface area contributed by atoms with Crippen molar-refractivity contribution < 1.29 is 18.0 Å². The molecule has 1 aliphatic carbocycles. The van der Waals surface area contributed by atoms with Crippen molar-refractivity contribution in [2.45, 2.75) is 58.2 Å². The quantitative estimate of drug-likeness (QED) is 0.506. The van der Waals surface area contributed by atoms with Crippen molar-refractivity contribution in [3.05, 3.63) is 63.6 Å². The maximum Gasteiger partial charge on any atom is 0.244 e. The van der Waals surface area contributed by atoms with E-state index in [1.165, 1.54) is 17.0 Å². The largest absolute Gasteiger partial charge is 0.352 e. The van der Waals surface area contributed by atoms with Crippen molar-refractivity contribution in [3.8, 4) is 0 Å². The number of nitrogens with zero attached hydrogens (tertiary/aromatic N) is 2. The van der Waals surface area contributed by atoms with E-state index in [2.05, 4.69) is 5.32 Å². The number of halogens is 2. The van der Waals surface area contributed by atoms with E-state index < -0.39 is 28.5 Å². The first-order chi connectivity index (χ1) is 16.5.